The Bertz CT molecular complexity index is 1330. The highest BCUT2D eigenvalue weighted by Crippen LogP contribution is 2.37. The van der Waals surface area contributed by atoms with Gasteiger partial charge in [-0.3, -0.25) is 4.79 Å². The predicted molar refractivity (Wildman–Crippen MR) is 140 cm³/mol. The van der Waals surface area contributed by atoms with E-state index < -0.39 is 17.7 Å². The van der Waals surface area contributed by atoms with E-state index in [1.54, 1.807) is 30.3 Å². The SMILES string of the molecule is O=C(O)CCCCCCCCCc1ccc2nc(-c3ccc(-c4ccccc4C(F)(F)F)cc3)[nH]c2c1. The third-order valence-electron chi connectivity index (χ3n) is 6.60. The van der Waals surface area contributed by atoms with Crippen LogP contribution in [-0.2, 0) is 17.4 Å². The van der Waals surface area contributed by atoms with Crippen LogP contribution in [0.2, 0.25) is 0 Å². The maximum atomic E-state index is 13.4. The number of halogens is 3. The molecule has 0 amide bonds. The smallest absolute Gasteiger partial charge is 0.417 e. The lowest BCUT2D eigenvalue weighted by Crippen LogP contribution is -2.06. The van der Waals surface area contributed by atoms with Crippen molar-refractivity contribution in [2.75, 3.05) is 0 Å². The van der Waals surface area contributed by atoms with Gasteiger partial charge in [-0.05, 0) is 54.2 Å². The number of nitrogens with zero attached hydrogens (tertiary/aromatic N) is 1. The van der Waals surface area contributed by atoms with Crippen LogP contribution in [0, 0.1) is 0 Å². The van der Waals surface area contributed by atoms with Crippen molar-refractivity contribution in [3.8, 4) is 22.5 Å². The predicted octanol–water partition coefficient (Wildman–Crippen LogP) is 8.66. The fourth-order valence-electron chi connectivity index (χ4n) is 4.63. The maximum Gasteiger partial charge on any atom is 0.417 e. The first-order valence-electron chi connectivity index (χ1n) is 12.8. The van der Waals surface area contributed by atoms with E-state index in [-0.39, 0.29) is 12.0 Å². The Hall–Kier alpha value is -3.61. The van der Waals surface area contributed by atoms with Gasteiger partial charge in [-0.25, -0.2) is 4.98 Å². The van der Waals surface area contributed by atoms with Crippen LogP contribution in [-0.4, -0.2) is 21.0 Å². The van der Waals surface area contributed by atoms with E-state index in [0.29, 0.717) is 11.4 Å². The Morgan fingerprint density at radius 2 is 1.46 bits per heavy atom. The van der Waals surface area contributed by atoms with Crippen LogP contribution in [0.25, 0.3) is 33.5 Å². The molecule has 0 bridgehead atoms. The molecule has 194 valence electrons. The third-order valence-corrected chi connectivity index (χ3v) is 6.60. The highest BCUT2D eigenvalue weighted by atomic mass is 19.4. The Kier molecular flexibility index (Phi) is 8.64. The second-order valence-electron chi connectivity index (χ2n) is 9.43. The Morgan fingerprint density at radius 3 is 2.16 bits per heavy atom. The monoisotopic (exact) mass is 508 g/mol. The van der Waals surface area contributed by atoms with Gasteiger partial charge in [-0.1, -0.05) is 80.6 Å². The number of aromatic amines is 1. The van der Waals surface area contributed by atoms with E-state index in [2.05, 4.69) is 22.1 Å². The fourth-order valence-corrected chi connectivity index (χ4v) is 4.63. The number of aliphatic carboxylic acids is 1. The molecule has 4 nitrogen and oxygen atoms in total. The van der Waals surface area contributed by atoms with Gasteiger partial charge in [0.1, 0.15) is 5.82 Å². The number of carboxylic acid groups (broad SMARTS) is 1. The van der Waals surface area contributed by atoms with E-state index in [4.69, 9.17) is 5.11 Å². The van der Waals surface area contributed by atoms with Gasteiger partial charge in [0.15, 0.2) is 0 Å². The lowest BCUT2D eigenvalue weighted by molar-refractivity contribution is -0.138. The van der Waals surface area contributed by atoms with Crippen LogP contribution < -0.4 is 0 Å². The summed E-state index contributed by atoms with van der Waals surface area (Å²) in [6.45, 7) is 0. The molecule has 0 aliphatic carbocycles. The third kappa shape index (κ3) is 7.21. The highest BCUT2D eigenvalue weighted by Gasteiger charge is 2.33. The van der Waals surface area contributed by atoms with E-state index in [9.17, 15) is 18.0 Å². The zero-order valence-corrected chi connectivity index (χ0v) is 20.7. The molecule has 7 heteroatoms. The van der Waals surface area contributed by atoms with Crippen molar-refractivity contribution in [1.82, 2.24) is 9.97 Å². The first-order valence-corrected chi connectivity index (χ1v) is 12.8. The van der Waals surface area contributed by atoms with Crippen molar-refractivity contribution < 1.29 is 23.1 Å². The van der Waals surface area contributed by atoms with Crippen molar-refractivity contribution in [1.29, 1.82) is 0 Å². The summed E-state index contributed by atoms with van der Waals surface area (Å²) in [5.74, 6) is -0.0315. The van der Waals surface area contributed by atoms with E-state index in [1.807, 2.05) is 6.07 Å². The standard InChI is InChI=1S/C30H31F3N2O2/c31-30(32,33)25-12-9-8-11-24(25)22-15-17-23(18-16-22)29-34-26-19-14-21(20-27(26)35-29)10-6-4-2-1-3-5-7-13-28(36)37/h8-9,11-12,14-20H,1-7,10,13H2,(H,34,35)(H,36,37). The molecule has 0 unspecified atom stereocenters. The van der Waals surface area contributed by atoms with Gasteiger partial charge < -0.3 is 10.1 Å². The molecule has 4 aromatic rings. The Labute approximate surface area is 214 Å². The molecule has 37 heavy (non-hydrogen) atoms. The van der Waals surface area contributed by atoms with Crippen molar-refractivity contribution in [2.24, 2.45) is 0 Å². The van der Waals surface area contributed by atoms with Gasteiger partial charge >= 0.3 is 12.1 Å². The van der Waals surface area contributed by atoms with Crippen molar-refractivity contribution in [3.05, 3.63) is 77.9 Å². The Morgan fingerprint density at radius 1 is 0.811 bits per heavy atom. The van der Waals surface area contributed by atoms with E-state index in [1.165, 1.54) is 17.7 Å². The van der Waals surface area contributed by atoms with Crippen LogP contribution in [0.4, 0.5) is 13.2 Å². The van der Waals surface area contributed by atoms with Crippen LogP contribution in [0.3, 0.4) is 0 Å². The molecule has 0 spiro atoms. The number of aryl methyl sites for hydroxylation is 1. The summed E-state index contributed by atoms with van der Waals surface area (Å²) in [6, 6.07) is 18.8. The number of hydrogen-bond acceptors (Lipinski definition) is 2. The number of carbonyl (C=O) groups is 1. The maximum absolute atomic E-state index is 13.4. The van der Waals surface area contributed by atoms with Crippen LogP contribution in [0.15, 0.2) is 66.7 Å². The van der Waals surface area contributed by atoms with Gasteiger partial charge in [-0.15, -0.1) is 0 Å². The quantitative estimate of drug-likeness (QED) is 0.188. The van der Waals surface area contributed by atoms with Crippen molar-refractivity contribution in [2.45, 2.75) is 64.0 Å². The number of H-pyrrole nitrogens is 1. The normalized spacial score (nSPS) is 11.8. The molecule has 0 aliphatic rings. The molecule has 0 radical (unpaired) electrons. The molecule has 0 saturated carbocycles. The average Bonchev–Trinajstić information content (AvgIpc) is 3.31. The molecule has 4 rings (SSSR count). The number of alkyl halides is 3. The molecular weight excluding hydrogens is 477 g/mol. The number of rotatable bonds is 12. The molecule has 0 saturated heterocycles. The second kappa shape index (κ2) is 12.1. The molecule has 0 atom stereocenters. The zero-order chi connectivity index (χ0) is 26.3. The van der Waals surface area contributed by atoms with Gasteiger partial charge in [-0.2, -0.15) is 13.2 Å². The number of unbranched alkanes of at least 4 members (excludes halogenated alkanes) is 6. The Balaban J connectivity index is 1.34. The van der Waals surface area contributed by atoms with Crippen LogP contribution in [0.5, 0.6) is 0 Å². The molecule has 0 fully saturated rings. The number of nitrogens with one attached hydrogen (secondary N) is 1. The lowest BCUT2D eigenvalue weighted by atomic mass is 9.98. The van der Waals surface area contributed by atoms with Gasteiger partial charge in [0.05, 0.1) is 16.6 Å². The molecule has 3 aromatic carbocycles. The fraction of sp³-hybridized carbons (Fsp3) is 0.333. The number of aromatic nitrogens is 2. The highest BCUT2D eigenvalue weighted by molar-refractivity contribution is 5.80. The summed E-state index contributed by atoms with van der Waals surface area (Å²) >= 11 is 0. The summed E-state index contributed by atoms with van der Waals surface area (Å²) in [7, 11) is 0. The van der Waals surface area contributed by atoms with Crippen molar-refractivity contribution >= 4 is 17.0 Å². The minimum atomic E-state index is -4.41. The summed E-state index contributed by atoms with van der Waals surface area (Å²) in [5, 5.41) is 8.66. The summed E-state index contributed by atoms with van der Waals surface area (Å²) in [4.78, 5) is 18.5. The second-order valence-corrected chi connectivity index (χ2v) is 9.43. The number of imidazole rings is 1. The van der Waals surface area contributed by atoms with Crippen molar-refractivity contribution in [3.63, 3.8) is 0 Å². The number of carboxylic acids is 1. The average molecular weight is 509 g/mol. The first kappa shape index (κ1) is 26.5. The lowest BCUT2D eigenvalue weighted by Gasteiger charge is -2.13. The number of benzene rings is 3. The van der Waals surface area contributed by atoms with Crippen LogP contribution >= 0.6 is 0 Å². The van der Waals surface area contributed by atoms with Gasteiger partial charge in [0.25, 0.3) is 0 Å². The van der Waals surface area contributed by atoms with Gasteiger partial charge in [0, 0.05) is 12.0 Å². The van der Waals surface area contributed by atoms with E-state index >= 15 is 0 Å². The zero-order valence-electron chi connectivity index (χ0n) is 20.7. The van der Waals surface area contributed by atoms with E-state index in [0.717, 1.165) is 74.0 Å². The molecule has 0 aliphatic heterocycles. The first-order chi connectivity index (χ1) is 17.8. The molecular formula is C30H31F3N2O2. The topological polar surface area (TPSA) is 66.0 Å². The molecule has 1 heterocycles. The largest absolute Gasteiger partial charge is 0.481 e. The number of hydrogen-bond donors (Lipinski definition) is 2. The molecule has 2 N–H and O–H groups in total. The molecule has 1 aromatic heterocycles. The minimum Gasteiger partial charge on any atom is -0.481 e. The summed E-state index contributed by atoms with van der Waals surface area (Å²) in [5.41, 5.74) is 3.88. The summed E-state index contributed by atoms with van der Waals surface area (Å²) < 4.78 is 40.2. The number of fused-ring (bicyclic) bond motifs is 1. The van der Waals surface area contributed by atoms with Crippen LogP contribution in [0.1, 0.15) is 62.5 Å². The van der Waals surface area contributed by atoms with Gasteiger partial charge in [0.2, 0.25) is 0 Å². The summed E-state index contributed by atoms with van der Waals surface area (Å²) in [6.07, 6.45) is 4.22. The minimum absolute atomic E-state index is 0.161.